The van der Waals surface area contributed by atoms with Crippen molar-refractivity contribution in [3.63, 3.8) is 0 Å². The van der Waals surface area contributed by atoms with Crippen LogP contribution in [0.4, 0.5) is 4.79 Å². The molecule has 1 amide bonds. The van der Waals surface area contributed by atoms with Crippen molar-refractivity contribution in [1.82, 2.24) is 4.90 Å². The lowest BCUT2D eigenvalue weighted by Gasteiger charge is -2.47. The summed E-state index contributed by atoms with van der Waals surface area (Å²) < 4.78 is 11.7. The highest BCUT2D eigenvalue weighted by Crippen LogP contribution is 2.50. The number of carbonyl (C=O) groups excluding carboxylic acids is 1. The summed E-state index contributed by atoms with van der Waals surface area (Å²) in [5, 5.41) is 0. The minimum absolute atomic E-state index is 0.0715. The van der Waals surface area contributed by atoms with Gasteiger partial charge in [-0.15, -0.1) is 0 Å². The lowest BCUT2D eigenvalue weighted by Crippen LogP contribution is -2.43. The molecule has 1 aromatic carbocycles. The Bertz CT molecular complexity index is 966. The van der Waals surface area contributed by atoms with E-state index in [1.807, 2.05) is 25.7 Å². The van der Waals surface area contributed by atoms with E-state index in [1.54, 1.807) is 0 Å². The van der Waals surface area contributed by atoms with E-state index in [0.717, 1.165) is 75.3 Å². The third kappa shape index (κ3) is 7.60. The summed E-state index contributed by atoms with van der Waals surface area (Å²) in [5.41, 5.74) is 0.921. The zero-order valence-corrected chi connectivity index (χ0v) is 25.8. The molecule has 4 bridgehead atoms. The van der Waals surface area contributed by atoms with Gasteiger partial charge in [-0.2, -0.15) is 0 Å². The number of carbonyl (C=O) groups is 1. The highest BCUT2D eigenvalue weighted by molar-refractivity contribution is 5.68. The van der Waals surface area contributed by atoms with Crippen LogP contribution in [0, 0.1) is 23.7 Å². The number of ether oxygens (including phenoxy) is 2. The molecular formula is C35H53NO5. The maximum absolute atomic E-state index is 12.3. The van der Waals surface area contributed by atoms with Crippen molar-refractivity contribution in [3.05, 3.63) is 29.8 Å². The zero-order chi connectivity index (χ0) is 28.5. The number of fused-ring (bicyclic) bond motifs is 2. The number of hydrogen-bond donors (Lipinski definition) is 0. The monoisotopic (exact) mass is 567 g/mol. The molecule has 41 heavy (non-hydrogen) atoms. The maximum Gasteiger partial charge on any atom is 0.410 e. The second kappa shape index (κ2) is 12.4. The van der Waals surface area contributed by atoms with Gasteiger partial charge in [-0.05, 0) is 158 Å². The third-order valence-corrected chi connectivity index (χ3v) is 10.9. The van der Waals surface area contributed by atoms with Gasteiger partial charge in [0.1, 0.15) is 17.0 Å². The highest BCUT2D eigenvalue weighted by atomic mass is 17.2. The van der Waals surface area contributed by atoms with Crippen molar-refractivity contribution >= 4 is 6.09 Å². The van der Waals surface area contributed by atoms with Crippen molar-refractivity contribution in [3.8, 4) is 5.75 Å². The summed E-state index contributed by atoms with van der Waals surface area (Å²) in [4.78, 5) is 26.8. The first-order valence-electron chi connectivity index (χ1n) is 16.8. The van der Waals surface area contributed by atoms with Crippen LogP contribution in [0.2, 0.25) is 0 Å². The van der Waals surface area contributed by atoms with Crippen LogP contribution in [-0.2, 0) is 14.5 Å². The summed E-state index contributed by atoms with van der Waals surface area (Å²) in [5.74, 6) is 4.81. The highest BCUT2D eigenvalue weighted by Gasteiger charge is 2.44. The summed E-state index contributed by atoms with van der Waals surface area (Å²) in [6.07, 6.45) is 17.0. The second-order valence-corrected chi connectivity index (χ2v) is 15.2. The Hall–Kier alpha value is -1.79. The van der Waals surface area contributed by atoms with Crippen LogP contribution >= 0.6 is 0 Å². The molecule has 1 spiro atoms. The van der Waals surface area contributed by atoms with Crippen LogP contribution in [0.5, 0.6) is 5.75 Å². The molecule has 6 aliphatic rings. The molecule has 6 nitrogen and oxygen atoms in total. The lowest BCUT2D eigenvalue weighted by molar-refractivity contribution is -0.400. The average molecular weight is 568 g/mol. The average Bonchev–Trinajstić information content (AvgIpc) is 2.95. The van der Waals surface area contributed by atoms with Gasteiger partial charge in [-0.25, -0.2) is 14.6 Å². The fourth-order valence-electron chi connectivity index (χ4n) is 8.64. The van der Waals surface area contributed by atoms with Crippen molar-refractivity contribution in [1.29, 1.82) is 0 Å². The first kappa shape index (κ1) is 29.3. The number of nitrogens with zero attached hydrogens (tertiary/aromatic N) is 1. The van der Waals surface area contributed by atoms with Gasteiger partial charge < -0.3 is 14.4 Å². The van der Waals surface area contributed by atoms with Gasteiger partial charge >= 0.3 is 6.09 Å². The van der Waals surface area contributed by atoms with Gasteiger partial charge in [0.15, 0.2) is 0 Å². The summed E-state index contributed by atoms with van der Waals surface area (Å²) >= 11 is 0. The van der Waals surface area contributed by atoms with E-state index in [9.17, 15) is 4.79 Å². The molecule has 3 heterocycles. The number of amides is 1. The van der Waals surface area contributed by atoms with Crippen LogP contribution in [0.3, 0.4) is 0 Å². The van der Waals surface area contributed by atoms with E-state index in [-0.39, 0.29) is 11.7 Å². The quantitative estimate of drug-likeness (QED) is 0.334. The molecule has 0 radical (unpaired) electrons. The standard InChI is InChI=1S/C35H53NO5/c1-34(2,3)39-33(37)36-17-11-25(12-18-36)13-19-38-31-6-4-29(5-7-31)30-9-15-35(16-10-30)14-8-26-20-27-22-28(21-26)24-32(23-27)40-41-35/h4-7,25-28,30,32H,8-24H2,1-3H3. The summed E-state index contributed by atoms with van der Waals surface area (Å²) in [7, 11) is 0. The number of likely N-dealkylation sites (tertiary alicyclic amines) is 1. The molecule has 6 fully saturated rings. The SMILES string of the molecule is CC(C)(C)OC(=O)N1CCC(CCOc2ccc(C3CCC4(CCC5CC6CC(C5)CC(C6)OO4)CC3)cc2)CC1. The van der Waals surface area contributed by atoms with Crippen LogP contribution in [0.1, 0.15) is 122 Å². The Morgan fingerprint density at radius 1 is 0.878 bits per heavy atom. The predicted octanol–water partition coefficient (Wildman–Crippen LogP) is 8.44. The Morgan fingerprint density at radius 2 is 1.51 bits per heavy atom. The summed E-state index contributed by atoms with van der Waals surface area (Å²) in [6.45, 7) is 8.03. The van der Waals surface area contributed by atoms with Gasteiger partial charge in [-0.3, -0.25) is 0 Å². The molecule has 228 valence electrons. The first-order valence-corrected chi connectivity index (χ1v) is 16.8. The van der Waals surface area contributed by atoms with E-state index in [1.165, 1.54) is 63.4 Å². The molecule has 1 aromatic rings. The van der Waals surface area contributed by atoms with E-state index in [2.05, 4.69) is 24.3 Å². The van der Waals surface area contributed by atoms with Gasteiger partial charge in [0.05, 0.1) is 12.7 Å². The van der Waals surface area contributed by atoms with E-state index >= 15 is 0 Å². The van der Waals surface area contributed by atoms with Crippen LogP contribution in [0.15, 0.2) is 24.3 Å². The van der Waals surface area contributed by atoms with E-state index < -0.39 is 5.60 Å². The van der Waals surface area contributed by atoms with Crippen molar-refractivity contribution in [2.45, 2.75) is 134 Å². The molecule has 3 aliphatic heterocycles. The molecule has 3 saturated heterocycles. The van der Waals surface area contributed by atoms with Crippen LogP contribution in [0.25, 0.3) is 0 Å². The molecular weight excluding hydrogens is 514 g/mol. The van der Waals surface area contributed by atoms with Crippen molar-refractivity contribution < 1.29 is 24.0 Å². The molecule has 3 saturated carbocycles. The number of hydrogen-bond acceptors (Lipinski definition) is 5. The minimum Gasteiger partial charge on any atom is -0.494 e. The number of benzene rings is 1. The molecule has 2 atom stereocenters. The number of piperidine rings is 1. The Kier molecular flexibility index (Phi) is 8.89. The third-order valence-electron chi connectivity index (χ3n) is 10.9. The van der Waals surface area contributed by atoms with E-state index in [0.29, 0.717) is 17.9 Å². The Morgan fingerprint density at radius 3 is 2.17 bits per heavy atom. The summed E-state index contributed by atoms with van der Waals surface area (Å²) in [6, 6.07) is 8.86. The van der Waals surface area contributed by atoms with Gasteiger partial charge in [0.2, 0.25) is 0 Å². The Balaban J connectivity index is 0.925. The van der Waals surface area contributed by atoms with Crippen LogP contribution < -0.4 is 4.74 Å². The number of rotatable bonds is 5. The topological polar surface area (TPSA) is 57.2 Å². The fraction of sp³-hybridized carbons (Fsp3) is 0.800. The maximum atomic E-state index is 12.3. The fourth-order valence-corrected chi connectivity index (χ4v) is 8.64. The lowest BCUT2D eigenvalue weighted by atomic mass is 9.65. The molecule has 7 rings (SSSR count). The van der Waals surface area contributed by atoms with Gasteiger partial charge in [0.25, 0.3) is 0 Å². The normalized spacial score (nSPS) is 34.5. The van der Waals surface area contributed by atoms with Gasteiger partial charge in [0, 0.05) is 13.1 Å². The molecule has 3 aliphatic carbocycles. The molecule has 2 unspecified atom stereocenters. The van der Waals surface area contributed by atoms with E-state index in [4.69, 9.17) is 19.2 Å². The largest absolute Gasteiger partial charge is 0.494 e. The first-order chi connectivity index (χ1) is 19.7. The predicted molar refractivity (Wildman–Crippen MR) is 160 cm³/mol. The smallest absolute Gasteiger partial charge is 0.410 e. The molecule has 0 aromatic heterocycles. The van der Waals surface area contributed by atoms with Gasteiger partial charge in [-0.1, -0.05) is 12.1 Å². The molecule has 6 heteroatoms. The van der Waals surface area contributed by atoms with Crippen molar-refractivity contribution in [2.24, 2.45) is 23.7 Å². The van der Waals surface area contributed by atoms with Crippen molar-refractivity contribution in [2.75, 3.05) is 19.7 Å². The minimum atomic E-state index is -0.438. The second-order valence-electron chi connectivity index (χ2n) is 15.2. The zero-order valence-electron chi connectivity index (χ0n) is 25.8. The Labute approximate surface area is 247 Å². The van der Waals surface area contributed by atoms with Crippen LogP contribution in [-0.4, -0.2) is 48.0 Å². The molecule has 0 N–H and O–H groups in total.